The highest BCUT2D eigenvalue weighted by Crippen LogP contribution is 2.29. The Bertz CT molecular complexity index is 442. The maximum absolute atomic E-state index is 10.8. The predicted octanol–water partition coefficient (Wildman–Crippen LogP) is 1.77. The number of rotatable bonds is 5. The molecule has 1 unspecified atom stereocenters. The van der Waals surface area contributed by atoms with Gasteiger partial charge in [-0.05, 0) is 31.4 Å². The zero-order chi connectivity index (χ0) is 12.5. The van der Waals surface area contributed by atoms with E-state index in [9.17, 15) is 4.79 Å². The van der Waals surface area contributed by atoms with Crippen molar-refractivity contribution in [3.63, 3.8) is 0 Å². The molecule has 1 atom stereocenters. The molecule has 1 aliphatic carbocycles. The molecule has 2 heterocycles. The minimum absolute atomic E-state index is 0.429. The Kier molecular flexibility index (Phi) is 3.37. The smallest absolute Gasteiger partial charge is 0.345 e. The van der Waals surface area contributed by atoms with Crippen LogP contribution in [-0.2, 0) is 6.54 Å². The Morgan fingerprint density at radius 1 is 1.44 bits per heavy atom. The van der Waals surface area contributed by atoms with E-state index in [0.29, 0.717) is 10.9 Å². The van der Waals surface area contributed by atoms with Gasteiger partial charge in [0.2, 0.25) is 0 Å². The summed E-state index contributed by atoms with van der Waals surface area (Å²) in [6, 6.07) is 5.03. The van der Waals surface area contributed by atoms with Crippen LogP contribution in [0, 0.1) is 0 Å². The summed E-state index contributed by atoms with van der Waals surface area (Å²) in [5.74, 6) is -0.827. The molecule has 1 saturated carbocycles. The first kappa shape index (κ1) is 12.1. The van der Waals surface area contributed by atoms with Crippen molar-refractivity contribution in [3.05, 3.63) is 21.9 Å². The van der Waals surface area contributed by atoms with Crippen LogP contribution in [0.25, 0.3) is 0 Å². The van der Waals surface area contributed by atoms with Gasteiger partial charge in [-0.1, -0.05) is 0 Å². The lowest BCUT2D eigenvalue weighted by Gasteiger charge is -2.15. The molecule has 1 aromatic rings. The van der Waals surface area contributed by atoms with Crippen LogP contribution in [0.15, 0.2) is 12.1 Å². The van der Waals surface area contributed by atoms with Gasteiger partial charge in [-0.3, -0.25) is 4.90 Å². The zero-order valence-electron chi connectivity index (χ0n) is 10.3. The summed E-state index contributed by atoms with van der Waals surface area (Å²) in [7, 11) is 0. The van der Waals surface area contributed by atoms with E-state index in [2.05, 4.69) is 10.2 Å². The van der Waals surface area contributed by atoms with Crippen molar-refractivity contribution in [3.8, 4) is 0 Å². The molecule has 1 aromatic heterocycles. The van der Waals surface area contributed by atoms with E-state index in [1.165, 1.54) is 37.1 Å². The van der Waals surface area contributed by atoms with Crippen molar-refractivity contribution >= 4 is 17.3 Å². The van der Waals surface area contributed by atoms with E-state index in [1.54, 1.807) is 6.07 Å². The van der Waals surface area contributed by atoms with Gasteiger partial charge in [-0.2, -0.15) is 0 Å². The molecule has 2 fully saturated rings. The fraction of sp³-hybridized carbons (Fsp3) is 0.615. The average Bonchev–Trinajstić information content (AvgIpc) is 2.92. The van der Waals surface area contributed by atoms with Crippen molar-refractivity contribution in [2.24, 2.45) is 0 Å². The van der Waals surface area contributed by atoms with Gasteiger partial charge < -0.3 is 10.4 Å². The Labute approximate surface area is 111 Å². The van der Waals surface area contributed by atoms with Gasteiger partial charge >= 0.3 is 5.97 Å². The fourth-order valence-electron chi connectivity index (χ4n) is 2.56. The number of aromatic carboxylic acids is 1. The molecule has 0 amide bonds. The van der Waals surface area contributed by atoms with Crippen molar-refractivity contribution in [2.75, 3.05) is 13.1 Å². The molecule has 1 aliphatic heterocycles. The van der Waals surface area contributed by atoms with Crippen LogP contribution in [0.4, 0.5) is 0 Å². The van der Waals surface area contributed by atoms with Gasteiger partial charge in [0, 0.05) is 36.6 Å². The molecule has 0 aromatic carbocycles. The van der Waals surface area contributed by atoms with E-state index in [0.717, 1.165) is 24.0 Å². The molecule has 1 saturated heterocycles. The second-order valence-electron chi connectivity index (χ2n) is 5.16. The molecule has 0 bridgehead atoms. The second-order valence-corrected chi connectivity index (χ2v) is 6.33. The van der Waals surface area contributed by atoms with E-state index in [-0.39, 0.29) is 0 Å². The van der Waals surface area contributed by atoms with Crippen molar-refractivity contribution < 1.29 is 9.90 Å². The molecule has 3 rings (SSSR count). The van der Waals surface area contributed by atoms with Gasteiger partial charge in [-0.15, -0.1) is 11.3 Å². The van der Waals surface area contributed by atoms with Gasteiger partial charge in [0.25, 0.3) is 0 Å². The first-order chi connectivity index (χ1) is 8.72. The largest absolute Gasteiger partial charge is 0.477 e. The number of nitrogens with one attached hydrogen (secondary N) is 1. The molecule has 0 radical (unpaired) electrons. The SMILES string of the molecule is O=C(O)c1ccc(CNC2CCN(C3CC3)C2)s1. The third kappa shape index (κ3) is 2.74. The highest BCUT2D eigenvalue weighted by Gasteiger charge is 2.34. The maximum Gasteiger partial charge on any atom is 0.345 e. The zero-order valence-corrected chi connectivity index (χ0v) is 11.1. The summed E-state index contributed by atoms with van der Waals surface area (Å²) in [6.45, 7) is 3.16. The van der Waals surface area contributed by atoms with Crippen LogP contribution in [0.3, 0.4) is 0 Å². The standard InChI is InChI=1S/C13H18N2O2S/c16-13(17)12-4-3-11(18-12)7-14-9-5-6-15(8-9)10-1-2-10/h3-4,9-10,14H,1-2,5-8H2,(H,16,17). The molecule has 4 nitrogen and oxygen atoms in total. The van der Waals surface area contributed by atoms with Crippen LogP contribution in [0.2, 0.25) is 0 Å². The number of hydrogen-bond donors (Lipinski definition) is 2. The molecule has 18 heavy (non-hydrogen) atoms. The van der Waals surface area contributed by atoms with Gasteiger partial charge in [-0.25, -0.2) is 4.79 Å². The number of nitrogens with zero attached hydrogens (tertiary/aromatic N) is 1. The van der Waals surface area contributed by atoms with Crippen molar-refractivity contribution in [2.45, 2.75) is 37.9 Å². The number of thiophene rings is 1. The van der Waals surface area contributed by atoms with Crippen molar-refractivity contribution in [1.82, 2.24) is 10.2 Å². The lowest BCUT2D eigenvalue weighted by Crippen LogP contribution is -2.32. The number of carbonyl (C=O) groups is 1. The number of likely N-dealkylation sites (tertiary alicyclic amines) is 1. The quantitative estimate of drug-likeness (QED) is 0.853. The average molecular weight is 266 g/mol. The minimum Gasteiger partial charge on any atom is -0.477 e. The Morgan fingerprint density at radius 3 is 2.94 bits per heavy atom. The fourth-order valence-corrected chi connectivity index (χ4v) is 3.36. The van der Waals surface area contributed by atoms with E-state index in [4.69, 9.17) is 5.11 Å². The first-order valence-corrected chi connectivity index (χ1v) is 7.33. The lowest BCUT2D eigenvalue weighted by atomic mass is 10.2. The predicted molar refractivity (Wildman–Crippen MR) is 71.1 cm³/mol. The Hall–Kier alpha value is -0.910. The van der Waals surface area contributed by atoms with Crippen LogP contribution >= 0.6 is 11.3 Å². The maximum atomic E-state index is 10.8. The van der Waals surface area contributed by atoms with Crippen LogP contribution in [0.5, 0.6) is 0 Å². The minimum atomic E-state index is -0.827. The van der Waals surface area contributed by atoms with Crippen molar-refractivity contribution in [1.29, 1.82) is 0 Å². The summed E-state index contributed by atoms with van der Waals surface area (Å²) >= 11 is 1.37. The van der Waals surface area contributed by atoms with Gasteiger partial charge in [0.1, 0.15) is 4.88 Å². The normalized spacial score (nSPS) is 24.6. The Morgan fingerprint density at radius 2 is 2.28 bits per heavy atom. The Balaban J connectivity index is 1.47. The summed E-state index contributed by atoms with van der Waals surface area (Å²) in [5.41, 5.74) is 0. The number of carboxylic acids is 1. The van der Waals surface area contributed by atoms with Gasteiger partial charge in [0.15, 0.2) is 0 Å². The molecular weight excluding hydrogens is 248 g/mol. The van der Waals surface area contributed by atoms with E-state index < -0.39 is 5.97 Å². The summed E-state index contributed by atoms with van der Waals surface area (Å²) in [5, 5.41) is 12.4. The molecular formula is C13H18N2O2S. The summed E-state index contributed by atoms with van der Waals surface area (Å²) in [4.78, 5) is 14.9. The molecule has 5 heteroatoms. The van der Waals surface area contributed by atoms with Crippen LogP contribution < -0.4 is 5.32 Å². The number of carboxylic acid groups (broad SMARTS) is 1. The highest BCUT2D eigenvalue weighted by atomic mass is 32.1. The highest BCUT2D eigenvalue weighted by molar-refractivity contribution is 7.13. The van der Waals surface area contributed by atoms with Gasteiger partial charge in [0.05, 0.1) is 0 Å². The summed E-state index contributed by atoms with van der Waals surface area (Å²) < 4.78 is 0. The topological polar surface area (TPSA) is 52.6 Å². The third-order valence-electron chi connectivity index (χ3n) is 3.72. The lowest BCUT2D eigenvalue weighted by molar-refractivity contribution is 0.0702. The van der Waals surface area contributed by atoms with Crippen LogP contribution in [0.1, 0.15) is 33.8 Å². The van der Waals surface area contributed by atoms with Crippen LogP contribution in [-0.4, -0.2) is 41.1 Å². The van der Waals surface area contributed by atoms with E-state index in [1.807, 2.05) is 6.07 Å². The molecule has 2 N–H and O–H groups in total. The van der Waals surface area contributed by atoms with E-state index >= 15 is 0 Å². The summed E-state index contributed by atoms with van der Waals surface area (Å²) in [6.07, 6.45) is 3.97. The second kappa shape index (κ2) is 4.99. The monoisotopic (exact) mass is 266 g/mol. The first-order valence-electron chi connectivity index (χ1n) is 6.52. The molecule has 0 spiro atoms. The molecule has 2 aliphatic rings. The molecule has 98 valence electrons. The number of hydrogen-bond acceptors (Lipinski definition) is 4. The third-order valence-corrected chi connectivity index (χ3v) is 4.79.